The highest BCUT2D eigenvalue weighted by atomic mass is 35.5. The van der Waals surface area contributed by atoms with Crippen LogP contribution in [0.5, 0.6) is 0 Å². The largest absolute Gasteiger partial charge is 0.354 e. The van der Waals surface area contributed by atoms with Crippen molar-refractivity contribution in [1.82, 2.24) is 10.6 Å². The van der Waals surface area contributed by atoms with Gasteiger partial charge in [-0.3, -0.25) is 14.9 Å². The monoisotopic (exact) mass is 341 g/mol. The van der Waals surface area contributed by atoms with Gasteiger partial charge in [-0.05, 0) is 30.4 Å². The fraction of sp³-hybridized carbons (Fsp3) is 0.562. The molecule has 1 fully saturated rings. The number of carbonyl (C=O) groups excluding carboxylic acids is 1. The van der Waals surface area contributed by atoms with E-state index < -0.39 is 4.92 Å². The fourth-order valence-electron chi connectivity index (χ4n) is 2.82. The summed E-state index contributed by atoms with van der Waals surface area (Å²) in [4.78, 5) is 22.2. The summed E-state index contributed by atoms with van der Waals surface area (Å²) in [5.41, 5.74) is 0.995. The summed E-state index contributed by atoms with van der Waals surface area (Å²) in [6.07, 6.45) is 2.56. The average Bonchev–Trinajstić information content (AvgIpc) is 2.46. The number of rotatable bonds is 5. The minimum Gasteiger partial charge on any atom is -0.354 e. The molecule has 1 atom stereocenters. The van der Waals surface area contributed by atoms with Crippen molar-refractivity contribution in [3.05, 3.63) is 39.9 Å². The van der Waals surface area contributed by atoms with E-state index in [0.717, 1.165) is 18.5 Å². The summed E-state index contributed by atoms with van der Waals surface area (Å²) in [7, 11) is 0. The van der Waals surface area contributed by atoms with Crippen LogP contribution in [-0.2, 0) is 11.2 Å². The first-order valence-electron chi connectivity index (χ1n) is 7.62. The van der Waals surface area contributed by atoms with Crippen LogP contribution in [0.3, 0.4) is 0 Å². The average molecular weight is 342 g/mol. The number of nitro benzene ring substituents is 1. The molecule has 0 aromatic heterocycles. The van der Waals surface area contributed by atoms with Crippen molar-refractivity contribution in [2.24, 2.45) is 5.41 Å². The van der Waals surface area contributed by atoms with Crippen LogP contribution in [0.1, 0.15) is 32.3 Å². The van der Waals surface area contributed by atoms with Gasteiger partial charge < -0.3 is 10.6 Å². The molecule has 1 aromatic carbocycles. The van der Waals surface area contributed by atoms with Crippen molar-refractivity contribution in [2.75, 3.05) is 13.1 Å². The van der Waals surface area contributed by atoms with Crippen LogP contribution in [0.15, 0.2) is 24.3 Å². The van der Waals surface area contributed by atoms with Crippen LogP contribution in [0, 0.1) is 15.5 Å². The zero-order chi connectivity index (χ0) is 16.2. The van der Waals surface area contributed by atoms with Crippen molar-refractivity contribution >= 4 is 24.0 Å². The van der Waals surface area contributed by atoms with Crippen molar-refractivity contribution in [1.29, 1.82) is 0 Å². The summed E-state index contributed by atoms with van der Waals surface area (Å²) in [5.74, 6) is -0.0583. The summed E-state index contributed by atoms with van der Waals surface area (Å²) in [6.45, 7) is 6.03. The lowest BCUT2D eigenvalue weighted by Gasteiger charge is -2.39. The first-order chi connectivity index (χ1) is 10.4. The number of halogens is 1. The Labute approximate surface area is 142 Å². The number of carbonyl (C=O) groups is 1. The maximum atomic E-state index is 12.0. The number of amides is 1. The smallest absolute Gasteiger partial charge is 0.269 e. The second kappa shape index (κ2) is 8.26. The van der Waals surface area contributed by atoms with Gasteiger partial charge in [-0.25, -0.2) is 0 Å². The minimum atomic E-state index is -0.444. The van der Waals surface area contributed by atoms with Crippen LogP contribution in [0.2, 0.25) is 0 Å². The first-order valence-corrected chi connectivity index (χ1v) is 7.62. The molecule has 0 saturated carbocycles. The lowest BCUT2D eigenvalue weighted by atomic mass is 9.77. The summed E-state index contributed by atoms with van der Waals surface area (Å²) in [6, 6.07) is 6.38. The fourth-order valence-corrected chi connectivity index (χ4v) is 2.82. The van der Waals surface area contributed by atoms with Gasteiger partial charge in [0, 0.05) is 24.7 Å². The highest BCUT2D eigenvalue weighted by Crippen LogP contribution is 2.29. The number of piperidine rings is 1. The molecule has 2 rings (SSSR count). The number of non-ortho nitro benzene ring substituents is 1. The van der Waals surface area contributed by atoms with Gasteiger partial charge in [0.15, 0.2) is 0 Å². The van der Waals surface area contributed by atoms with Gasteiger partial charge in [0.1, 0.15) is 0 Å². The Balaban J connectivity index is 0.00000264. The number of hydrogen-bond acceptors (Lipinski definition) is 4. The highest BCUT2D eigenvalue weighted by Gasteiger charge is 2.31. The molecular weight excluding hydrogens is 318 g/mol. The molecule has 1 aromatic rings. The molecule has 1 amide bonds. The van der Waals surface area contributed by atoms with E-state index in [1.165, 1.54) is 18.6 Å². The molecule has 1 unspecified atom stereocenters. The molecule has 7 heteroatoms. The first kappa shape index (κ1) is 19.4. The number of nitrogens with zero attached hydrogens (tertiary/aromatic N) is 1. The standard InChI is InChI=1S/C16H23N3O3.ClH/c1-16(2)8-3-9-17-14(16)11-18-15(20)10-12-4-6-13(7-5-12)19(21)22;/h4-7,14,17H,3,8-11H2,1-2H3,(H,18,20);1H. The Morgan fingerprint density at radius 3 is 2.61 bits per heavy atom. The molecule has 1 aliphatic heterocycles. The van der Waals surface area contributed by atoms with Crippen molar-refractivity contribution in [3.63, 3.8) is 0 Å². The lowest BCUT2D eigenvalue weighted by molar-refractivity contribution is -0.384. The zero-order valence-electron chi connectivity index (χ0n) is 13.5. The molecule has 1 aliphatic rings. The van der Waals surface area contributed by atoms with E-state index in [9.17, 15) is 14.9 Å². The Bertz CT molecular complexity index is 546. The van der Waals surface area contributed by atoms with Crippen LogP contribution in [0.4, 0.5) is 5.69 Å². The topological polar surface area (TPSA) is 84.3 Å². The highest BCUT2D eigenvalue weighted by molar-refractivity contribution is 5.85. The van der Waals surface area contributed by atoms with E-state index in [0.29, 0.717) is 6.54 Å². The van der Waals surface area contributed by atoms with Crippen LogP contribution >= 0.6 is 12.4 Å². The quantitative estimate of drug-likeness (QED) is 0.636. The van der Waals surface area contributed by atoms with Gasteiger partial charge in [-0.2, -0.15) is 0 Å². The summed E-state index contributed by atoms with van der Waals surface area (Å²) < 4.78 is 0. The molecule has 23 heavy (non-hydrogen) atoms. The van der Waals surface area contributed by atoms with Gasteiger partial charge in [0.2, 0.25) is 5.91 Å². The second-order valence-electron chi connectivity index (χ2n) is 6.50. The van der Waals surface area contributed by atoms with E-state index in [2.05, 4.69) is 24.5 Å². The number of benzene rings is 1. The molecule has 0 radical (unpaired) electrons. The van der Waals surface area contributed by atoms with Crippen molar-refractivity contribution in [2.45, 2.75) is 39.2 Å². The minimum absolute atomic E-state index is 0. The van der Waals surface area contributed by atoms with Gasteiger partial charge in [0.25, 0.3) is 5.69 Å². The molecule has 128 valence electrons. The molecule has 0 bridgehead atoms. The van der Waals surface area contributed by atoms with Gasteiger partial charge in [-0.1, -0.05) is 26.0 Å². The van der Waals surface area contributed by atoms with E-state index in [1.54, 1.807) is 12.1 Å². The van der Waals surface area contributed by atoms with E-state index in [4.69, 9.17) is 0 Å². The molecular formula is C16H24ClN3O3. The third-order valence-corrected chi connectivity index (χ3v) is 4.35. The normalized spacial score (nSPS) is 19.5. The van der Waals surface area contributed by atoms with E-state index in [-0.39, 0.29) is 41.9 Å². The second-order valence-corrected chi connectivity index (χ2v) is 6.50. The maximum Gasteiger partial charge on any atom is 0.269 e. The lowest BCUT2D eigenvalue weighted by Crippen LogP contribution is -2.52. The SMILES string of the molecule is CC1(C)CCCNC1CNC(=O)Cc1ccc([N+](=O)[O-])cc1.Cl. The molecule has 1 saturated heterocycles. The maximum absolute atomic E-state index is 12.0. The Morgan fingerprint density at radius 2 is 2.04 bits per heavy atom. The van der Waals surface area contributed by atoms with Crippen LogP contribution in [0.25, 0.3) is 0 Å². The molecule has 1 heterocycles. The van der Waals surface area contributed by atoms with Gasteiger partial charge in [-0.15, -0.1) is 12.4 Å². The van der Waals surface area contributed by atoms with Crippen LogP contribution in [-0.4, -0.2) is 30.0 Å². The zero-order valence-corrected chi connectivity index (χ0v) is 14.3. The summed E-state index contributed by atoms with van der Waals surface area (Å²) in [5, 5.41) is 17.0. The summed E-state index contributed by atoms with van der Waals surface area (Å²) >= 11 is 0. The molecule has 2 N–H and O–H groups in total. The number of nitro groups is 1. The third-order valence-electron chi connectivity index (χ3n) is 4.35. The third kappa shape index (κ3) is 5.48. The molecule has 6 nitrogen and oxygen atoms in total. The van der Waals surface area contributed by atoms with Crippen molar-refractivity contribution < 1.29 is 9.72 Å². The Hall–Kier alpha value is -1.66. The Morgan fingerprint density at radius 1 is 1.39 bits per heavy atom. The Kier molecular flexibility index (Phi) is 6.97. The van der Waals surface area contributed by atoms with Crippen molar-refractivity contribution in [3.8, 4) is 0 Å². The number of hydrogen-bond donors (Lipinski definition) is 2. The van der Waals surface area contributed by atoms with E-state index >= 15 is 0 Å². The van der Waals surface area contributed by atoms with E-state index in [1.807, 2.05) is 0 Å². The molecule has 0 aliphatic carbocycles. The van der Waals surface area contributed by atoms with Gasteiger partial charge in [0.05, 0.1) is 11.3 Å². The van der Waals surface area contributed by atoms with Gasteiger partial charge >= 0.3 is 0 Å². The molecule has 0 spiro atoms. The number of nitrogens with one attached hydrogen (secondary N) is 2. The van der Waals surface area contributed by atoms with Crippen LogP contribution < -0.4 is 10.6 Å². The predicted octanol–water partition coefficient (Wildman–Crippen LogP) is 2.45. The predicted molar refractivity (Wildman–Crippen MR) is 91.9 cm³/mol.